The van der Waals surface area contributed by atoms with Crippen molar-refractivity contribution in [1.29, 1.82) is 0 Å². The lowest BCUT2D eigenvalue weighted by Crippen LogP contribution is -2.62. The fraction of sp³-hybridized carbons (Fsp3) is 0.529. The van der Waals surface area contributed by atoms with Crippen molar-refractivity contribution in [2.24, 2.45) is 47.3 Å². The lowest BCUT2D eigenvalue weighted by Gasteiger charge is -2.31. The molecule has 0 radical (unpaired) electrons. The van der Waals surface area contributed by atoms with Crippen LogP contribution in [0.1, 0.15) is 173 Å². The number of hydrogen-bond acceptors (Lipinski definition) is 19. The van der Waals surface area contributed by atoms with Gasteiger partial charge >= 0.3 is 6.09 Å². The highest BCUT2D eigenvalue weighted by Crippen LogP contribution is 2.27. The van der Waals surface area contributed by atoms with Crippen LogP contribution in [-0.2, 0) is 107 Å². The number of fused-ring (bicyclic) bond motifs is 4. The van der Waals surface area contributed by atoms with Crippen molar-refractivity contribution >= 4 is 145 Å². The SMILES string of the molecule is CC(C)C[C@@H](NC(=O)[C@H](C)NC(=O)CNC(=O)[C@@H](NC=O)C(C)C)C(=O)N[C@@H](C)C(=O)N[C@@H](C(=O)N[C@H](C(=O)N[C@@H](C(=O)N[C@@H](Cc1c[nH]c2ccccc12)C(=O)N[C@H](CC(C)C)C(=O)N[C@@H](Cc1c[nH]c2ccccc12)C(=O)N[C@H](CC(C)C)C(=O)N[C@@H](Cc1c[nH]c2ccccc12)C(=O)N[C@H](CC(C)C)C(=O)N[C@@H](Cc1c[nH]c2ccccc12)C(=O)NCCOC(=O)N1CCNCC1)C(C)C)C(C)C)C(C)C. The first-order chi connectivity index (χ1) is 68.4. The minimum atomic E-state index is -1.49. The Balaban J connectivity index is 0.919. The van der Waals surface area contributed by atoms with Gasteiger partial charge in [0.1, 0.15) is 91.2 Å². The molecule has 0 aliphatic carbocycles. The van der Waals surface area contributed by atoms with Crippen molar-refractivity contribution in [3.63, 3.8) is 0 Å². The number of carbonyl (C=O) groups is 17. The van der Waals surface area contributed by atoms with Crippen molar-refractivity contribution in [2.45, 2.75) is 261 Å². The third-order valence-electron chi connectivity index (χ3n) is 25.2. The number of carbonyl (C=O) groups excluding carboxylic acids is 17. The number of hydrogen-bond donors (Lipinski definition) is 21. The number of aromatic nitrogens is 4. The molecule has 1 aliphatic rings. The molecule has 1 saturated heterocycles. The first kappa shape index (κ1) is 113. The van der Waals surface area contributed by atoms with Crippen LogP contribution < -0.4 is 90.4 Å². The molecule has 0 unspecified atom stereocenters. The topological polar surface area (TPSA) is 570 Å². The fourth-order valence-corrected chi connectivity index (χ4v) is 17.3. The van der Waals surface area contributed by atoms with E-state index < -0.39 is 204 Å². The van der Waals surface area contributed by atoms with E-state index in [-0.39, 0.29) is 94.1 Å². The molecule has 1 aliphatic heterocycles. The molecule has 40 heteroatoms. The molecule has 40 nitrogen and oxygen atoms in total. The summed E-state index contributed by atoms with van der Waals surface area (Å²) in [4.78, 5) is 258. The molecule has 17 amide bonds. The summed E-state index contributed by atoms with van der Waals surface area (Å²) in [5.41, 5.74) is 5.44. The zero-order chi connectivity index (χ0) is 105. The Labute approximate surface area is 839 Å². The van der Waals surface area contributed by atoms with E-state index >= 15 is 33.6 Å². The van der Waals surface area contributed by atoms with Gasteiger partial charge in [-0.15, -0.1) is 0 Å². The minimum Gasteiger partial charge on any atom is -0.448 e. The second kappa shape index (κ2) is 54.3. The van der Waals surface area contributed by atoms with Crippen LogP contribution in [0.4, 0.5) is 4.79 Å². The third-order valence-corrected chi connectivity index (χ3v) is 25.2. The number of rotatable bonds is 54. The van der Waals surface area contributed by atoms with Gasteiger partial charge in [0.15, 0.2) is 0 Å². The van der Waals surface area contributed by atoms with Crippen molar-refractivity contribution in [3.8, 4) is 0 Å². The molecule has 9 rings (SSSR count). The summed E-state index contributed by atoms with van der Waals surface area (Å²) >= 11 is 0. The van der Waals surface area contributed by atoms with Crippen LogP contribution in [0.15, 0.2) is 122 Å². The highest BCUT2D eigenvalue weighted by atomic mass is 16.6. The Hall–Kier alpha value is -14.2. The van der Waals surface area contributed by atoms with Gasteiger partial charge in [-0.25, -0.2) is 4.79 Å². The van der Waals surface area contributed by atoms with E-state index in [2.05, 4.69) is 110 Å². The summed E-state index contributed by atoms with van der Waals surface area (Å²) < 4.78 is 5.51. The van der Waals surface area contributed by atoms with E-state index in [9.17, 15) is 47.9 Å². The maximum atomic E-state index is 15.7. The Morgan fingerprint density at radius 1 is 0.312 bits per heavy atom. The predicted octanol–water partition coefficient (Wildman–Crippen LogP) is 4.42. The molecular weight excluding hydrogens is 1850 g/mol. The van der Waals surface area contributed by atoms with E-state index in [1.54, 1.807) is 105 Å². The Kier molecular flexibility index (Phi) is 42.8. The Morgan fingerprint density at radius 2 is 0.590 bits per heavy atom. The van der Waals surface area contributed by atoms with Crippen LogP contribution in [0, 0.1) is 47.3 Å². The van der Waals surface area contributed by atoms with Gasteiger partial charge in [-0.1, -0.05) is 184 Å². The van der Waals surface area contributed by atoms with Crippen LogP contribution >= 0.6 is 0 Å². The largest absolute Gasteiger partial charge is 0.448 e. The summed E-state index contributed by atoms with van der Waals surface area (Å²) in [5.74, 6) is -14.7. The number of ether oxygens (including phenoxy) is 1. The maximum Gasteiger partial charge on any atom is 0.409 e. The van der Waals surface area contributed by atoms with Crippen molar-refractivity contribution in [3.05, 3.63) is 144 Å². The number of para-hydroxylation sites is 4. The molecule has 4 aromatic carbocycles. The number of aromatic amines is 4. The van der Waals surface area contributed by atoms with Crippen LogP contribution in [0.2, 0.25) is 0 Å². The highest BCUT2D eigenvalue weighted by molar-refractivity contribution is 6.02. The van der Waals surface area contributed by atoms with Gasteiger partial charge in [-0.3, -0.25) is 76.7 Å². The second-order valence-corrected chi connectivity index (χ2v) is 40.3. The lowest BCUT2D eigenvalue weighted by atomic mass is 9.97. The smallest absolute Gasteiger partial charge is 0.409 e. The van der Waals surface area contributed by atoms with Crippen LogP contribution in [-0.4, -0.2) is 256 Å². The second-order valence-electron chi connectivity index (χ2n) is 40.3. The van der Waals surface area contributed by atoms with E-state index in [0.29, 0.717) is 76.6 Å². The Bertz CT molecular complexity index is 5770. The van der Waals surface area contributed by atoms with E-state index in [1.165, 1.54) is 13.8 Å². The molecule has 0 spiro atoms. The zero-order valence-electron chi connectivity index (χ0n) is 85.7. The molecule has 782 valence electrons. The summed E-state index contributed by atoms with van der Waals surface area (Å²) in [6.45, 7) is 32.1. The van der Waals surface area contributed by atoms with E-state index in [4.69, 9.17) is 4.74 Å². The van der Waals surface area contributed by atoms with Crippen molar-refractivity contribution < 1.29 is 86.2 Å². The standard InChI is InChI=1S/C104H148N22O18/c1-55(2)41-77(115-90(129)63(17)113-85(128)53-111-100(139)86(59(9)10)112-54-127)93(132)114-64(18)91(130)123-88(61(13)14)102(141)125-89(62(15)16)103(142)124-87(60(11)12)101(140)122-84(48-68-52-110-76-34-26-22-30-72(68)76)99(138)118-80(44-58(7)8)96(135)121-83(47-67-51-109-75-33-25-21-29-71(67)75)98(137)117-79(43-57(5)6)95(134)120-82(46-66-50-108-74-32-24-20-28-70(66)74)97(136)116-78(42-56(3)4)94(133)119-81(45-65-49-107-73-31-23-19-27-69(65)73)92(131)106-37-40-144-104(143)126-38-35-105-36-39-126/h19-34,49-52,54-64,77-84,86-89,105,107-110H,35-48,53H2,1-18H3,(H,106,131)(H,111,139)(H,112,127)(H,113,128)(H,114,132)(H,115,129)(H,116,136)(H,117,137)(H,118,138)(H,119,133)(H,120,134)(H,121,135)(H,122,140)(H,123,130)(H,124,142)(H,125,141)/t63-,64-,77+,78+,79+,80+,81-,82-,83-,84-,86-,87+,88+,89-/m0/s1. The molecule has 21 N–H and O–H groups in total. The van der Waals surface area contributed by atoms with Crippen LogP contribution in [0.5, 0.6) is 0 Å². The van der Waals surface area contributed by atoms with Gasteiger partial charge in [0.05, 0.1) is 13.1 Å². The molecule has 5 heterocycles. The monoisotopic (exact) mass is 1990 g/mol. The first-order valence-corrected chi connectivity index (χ1v) is 49.9. The Morgan fingerprint density at radius 3 is 0.924 bits per heavy atom. The van der Waals surface area contributed by atoms with Crippen molar-refractivity contribution in [1.82, 2.24) is 115 Å². The normalized spacial score (nSPS) is 15.2. The van der Waals surface area contributed by atoms with Gasteiger partial charge in [0.25, 0.3) is 0 Å². The number of amides is 17. The third kappa shape index (κ3) is 33.2. The van der Waals surface area contributed by atoms with Crippen LogP contribution in [0.25, 0.3) is 43.6 Å². The number of benzene rings is 4. The van der Waals surface area contributed by atoms with Gasteiger partial charge < -0.3 is 120 Å². The quantitative estimate of drug-likeness (QED) is 0.0185. The van der Waals surface area contributed by atoms with Gasteiger partial charge in [-0.2, -0.15) is 0 Å². The average molecular weight is 1990 g/mol. The van der Waals surface area contributed by atoms with E-state index in [0.717, 1.165) is 21.8 Å². The number of piperazine rings is 1. The molecule has 14 atom stereocenters. The average Bonchev–Trinajstić information content (AvgIpc) is 1.65. The molecule has 0 saturated carbocycles. The summed E-state index contributed by atoms with van der Waals surface area (Å²) in [6.07, 6.45) is 6.38. The minimum absolute atomic E-state index is 0.000821. The zero-order valence-corrected chi connectivity index (χ0v) is 85.7. The molecule has 4 aromatic heterocycles. The summed E-state index contributed by atoms with van der Waals surface area (Å²) in [5, 5.41) is 50.3. The summed E-state index contributed by atoms with van der Waals surface area (Å²) in [6, 6.07) is 11.0. The summed E-state index contributed by atoms with van der Waals surface area (Å²) in [7, 11) is 0. The molecule has 0 bridgehead atoms. The van der Waals surface area contributed by atoms with Crippen LogP contribution in [0.3, 0.4) is 0 Å². The van der Waals surface area contributed by atoms with Crippen molar-refractivity contribution in [2.75, 3.05) is 45.9 Å². The first-order valence-electron chi connectivity index (χ1n) is 49.9. The number of nitrogens with zero attached hydrogens (tertiary/aromatic N) is 1. The molecule has 8 aromatic rings. The van der Waals surface area contributed by atoms with Gasteiger partial charge in [0.2, 0.25) is 95.0 Å². The number of H-pyrrole nitrogens is 4. The highest BCUT2D eigenvalue weighted by Gasteiger charge is 2.41. The number of nitrogens with one attached hydrogen (secondary N) is 21. The van der Waals surface area contributed by atoms with Gasteiger partial charge in [-0.05, 0) is 133 Å². The molecule has 144 heavy (non-hydrogen) atoms. The molecule has 1 fully saturated rings. The lowest BCUT2D eigenvalue weighted by molar-refractivity contribution is -0.137. The molecular formula is C104H148N22O18. The maximum absolute atomic E-state index is 15.7. The fourth-order valence-electron chi connectivity index (χ4n) is 17.3. The van der Waals surface area contributed by atoms with E-state index in [1.807, 2.05) is 133 Å². The predicted molar refractivity (Wildman–Crippen MR) is 546 cm³/mol. The van der Waals surface area contributed by atoms with Gasteiger partial charge in [0, 0.05) is 120 Å².